The van der Waals surface area contributed by atoms with Crippen molar-refractivity contribution in [2.75, 3.05) is 30.1 Å². The number of nitrogens with one attached hydrogen (secondary N) is 2. The lowest BCUT2D eigenvalue weighted by Crippen LogP contribution is -2.15. The molecular formula is C24H25N3O5S. The SMILES string of the molecule is CCOc1ccccc1NC(=O)c1sc(NC(=O)c2ccc(C)c(N)c2)c(C(=O)OC)c1C. The second-order valence-electron chi connectivity index (χ2n) is 7.16. The number of thiophene rings is 1. The number of aryl methyl sites for hydroxylation is 1. The fourth-order valence-corrected chi connectivity index (χ4v) is 4.24. The Morgan fingerprint density at radius 2 is 1.76 bits per heavy atom. The quantitative estimate of drug-likeness (QED) is 0.344. The highest BCUT2D eigenvalue weighted by molar-refractivity contribution is 7.19. The zero-order chi connectivity index (χ0) is 24.1. The van der Waals surface area contributed by atoms with Gasteiger partial charge in [-0.2, -0.15) is 0 Å². The van der Waals surface area contributed by atoms with Gasteiger partial charge in [-0.3, -0.25) is 9.59 Å². The summed E-state index contributed by atoms with van der Waals surface area (Å²) in [6.07, 6.45) is 0. The Labute approximate surface area is 195 Å². The molecule has 0 saturated heterocycles. The molecule has 8 nitrogen and oxygen atoms in total. The minimum Gasteiger partial charge on any atom is -0.492 e. The van der Waals surface area contributed by atoms with Crippen LogP contribution in [-0.4, -0.2) is 31.5 Å². The molecule has 0 bridgehead atoms. The van der Waals surface area contributed by atoms with Crippen molar-refractivity contribution in [2.45, 2.75) is 20.8 Å². The van der Waals surface area contributed by atoms with E-state index in [2.05, 4.69) is 10.6 Å². The number of anilines is 3. The Morgan fingerprint density at radius 1 is 1.03 bits per heavy atom. The minimum atomic E-state index is -0.656. The molecular weight excluding hydrogens is 442 g/mol. The Kier molecular flexibility index (Phi) is 7.34. The lowest BCUT2D eigenvalue weighted by Gasteiger charge is -2.11. The number of carbonyl (C=O) groups excluding carboxylic acids is 3. The number of rotatable bonds is 7. The molecule has 0 fully saturated rings. The van der Waals surface area contributed by atoms with Gasteiger partial charge in [0.25, 0.3) is 11.8 Å². The highest BCUT2D eigenvalue weighted by Gasteiger charge is 2.27. The van der Waals surface area contributed by atoms with Crippen LogP contribution >= 0.6 is 11.3 Å². The number of benzene rings is 2. The van der Waals surface area contributed by atoms with E-state index in [1.54, 1.807) is 49.4 Å². The summed E-state index contributed by atoms with van der Waals surface area (Å²) < 4.78 is 10.4. The van der Waals surface area contributed by atoms with E-state index in [4.69, 9.17) is 15.2 Å². The van der Waals surface area contributed by atoms with E-state index in [0.29, 0.717) is 34.9 Å². The lowest BCUT2D eigenvalue weighted by atomic mass is 10.1. The monoisotopic (exact) mass is 467 g/mol. The van der Waals surface area contributed by atoms with Crippen LogP contribution in [0.1, 0.15) is 48.4 Å². The van der Waals surface area contributed by atoms with Gasteiger partial charge in [-0.1, -0.05) is 18.2 Å². The van der Waals surface area contributed by atoms with Crippen molar-refractivity contribution in [3.05, 3.63) is 69.6 Å². The number of hydrogen-bond acceptors (Lipinski definition) is 7. The summed E-state index contributed by atoms with van der Waals surface area (Å²) in [5.74, 6) is -1.02. The van der Waals surface area contributed by atoms with Gasteiger partial charge >= 0.3 is 5.97 Å². The fourth-order valence-electron chi connectivity index (χ4n) is 3.15. The topological polar surface area (TPSA) is 120 Å². The van der Waals surface area contributed by atoms with Crippen LogP contribution in [0.4, 0.5) is 16.4 Å². The van der Waals surface area contributed by atoms with Crippen LogP contribution in [0.25, 0.3) is 0 Å². The number of amides is 2. The van der Waals surface area contributed by atoms with Gasteiger partial charge in [0, 0.05) is 11.3 Å². The van der Waals surface area contributed by atoms with E-state index in [0.717, 1.165) is 16.9 Å². The molecule has 0 unspecified atom stereocenters. The van der Waals surface area contributed by atoms with Crippen LogP contribution in [-0.2, 0) is 4.74 Å². The van der Waals surface area contributed by atoms with Crippen LogP contribution in [0.2, 0.25) is 0 Å². The van der Waals surface area contributed by atoms with Gasteiger partial charge < -0.3 is 25.8 Å². The first-order valence-electron chi connectivity index (χ1n) is 10.2. The standard InChI is InChI=1S/C24H25N3O5S/c1-5-32-18-9-7-6-8-17(18)26-22(29)20-14(3)19(24(30)31-4)23(33-20)27-21(28)15-11-10-13(2)16(25)12-15/h6-12H,5,25H2,1-4H3,(H,26,29)(H,27,28). The number of para-hydroxylation sites is 2. The summed E-state index contributed by atoms with van der Waals surface area (Å²) >= 11 is 0.990. The molecule has 0 spiro atoms. The maximum atomic E-state index is 13.1. The molecule has 3 aromatic rings. The summed E-state index contributed by atoms with van der Waals surface area (Å²) in [7, 11) is 1.24. The Morgan fingerprint density at radius 3 is 2.42 bits per heavy atom. The van der Waals surface area contributed by atoms with Crippen molar-refractivity contribution < 1.29 is 23.9 Å². The van der Waals surface area contributed by atoms with Crippen LogP contribution in [0.5, 0.6) is 5.75 Å². The zero-order valence-corrected chi connectivity index (χ0v) is 19.6. The summed E-state index contributed by atoms with van der Waals surface area (Å²) in [6, 6.07) is 12.0. The van der Waals surface area contributed by atoms with Crippen LogP contribution in [0, 0.1) is 13.8 Å². The predicted molar refractivity (Wildman–Crippen MR) is 130 cm³/mol. The van der Waals surface area contributed by atoms with Crippen molar-refractivity contribution in [1.82, 2.24) is 0 Å². The average molecular weight is 468 g/mol. The molecule has 9 heteroatoms. The molecule has 33 heavy (non-hydrogen) atoms. The molecule has 1 aromatic heterocycles. The molecule has 0 atom stereocenters. The number of carbonyl (C=O) groups is 3. The van der Waals surface area contributed by atoms with Crippen molar-refractivity contribution in [3.8, 4) is 5.75 Å². The molecule has 0 saturated carbocycles. The Balaban J connectivity index is 1.94. The normalized spacial score (nSPS) is 10.4. The molecule has 3 rings (SSSR count). The summed E-state index contributed by atoms with van der Waals surface area (Å²) in [5.41, 5.74) is 8.59. The van der Waals surface area contributed by atoms with E-state index < -0.39 is 17.8 Å². The molecule has 0 radical (unpaired) electrons. The van der Waals surface area contributed by atoms with Gasteiger partial charge in [0.05, 0.1) is 29.8 Å². The Bertz CT molecular complexity index is 1220. The molecule has 0 aliphatic heterocycles. The van der Waals surface area contributed by atoms with Gasteiger partial charge in [0.1, 0.15) is 10.8 Å². The molecule has 2 amide bonds. The van der Waals surface area contributed by atoms with Gasteiger partial charge in [0.15, 0.2) is 0 Å². The van der Waals surface area contributed by atoms with E-state index in [-0.39, 0.29) is 15.4 Å². The van der Waals surface area contributed by atoms with Crippen LogP contribution < -0.4 is 21.1 Å². The predicted octanol–water partition coefficient (Wildman–Crippen LogP) is 4.64. The molecule has 172 valence electrons. The van der Waals surface area contributed by atoms with E-state index in [9.17, 15) is 14.4 Å². The van der Waals surface area contributed by atoms with Crippen molar-refractivity contribution in [2.24, 2.45) is 0 Å². The molecule has 2 aromatic carbocycles. The fraction of sp³-hybridized carbons (Fsp3) is 0.208. The second kappa shape index (κ2) is 10.2. The van der Waals surface area contributed by atoms with E-state index in [1.165, 1.54) is 7.11 Å². The lowest BCUT2D eigenvalue weighted by molar-refractivity contribution is 0.0601. The second-order valence-corrected chi connectivity index (χ2v) is 8.18. The number of ether oxygens (including phenoxy) is 2. The summed E-state index contributed by atoms with van der Waals surface area (Å²) in [4.78, 5) is 38.6. The third-order valence-electron chi connectivity index (χ3n) is 4.95. The number of methoxy groups -OCH3 is 1. The third kappa shape index (κ3) is 5.15. The van der Waals surface area contributed by atoms with Crippen LogP contribution in [0.15, 0.2) is 42.5 Å². The molecule has 1 heterocycles. The highest BCUT2D eigenvalue weighted by atomic mass is 32.1. The Hall–Kier alpha value is -3.85. The first-order valence-corrected chi connectivity index (χ1v) is 11.0. The number of esters is 1. The smallest absolute Gasteiger partial charge is 0.341 e. The molecule has 4 N–H and O–H groups in total. The zero-order valence-electron chi connectivity index (χ0n) is 18.8. The first-order chi connectivity index (χ1) is 15.8. The highest BCUT2D eigenvalue weighted by Crippen LogP contribution is 2.35. The number of nitrogens with two attached hydrogens (primary N) is 1. The van der Waals surface area contributed by atoms with E-state index in [1.807, 2.05) is 13.8 Å². The van der Waals surface area contributed by atoms with Crippen molar-refractivity contribution >= 4 is 45.5 Å². The first kappa shape index (κ1) is 23.8. The van der Waals surface area contributed by atoms with Gasteiger partial charge in [-0.15, -0.1) is 11.3 Å². The molecule has 0 aliphatic rings. The third-order valence-corrected chi connectivity index (χ3v) is 6.15. The summed E-state index contributed by atoms with van der Waals surface area (Å²) in [6.45, 7) is 5.76. The van der Waals surface area contributed by atoms with Crippen LogP contribution in [0.3, 0.4) is 0 Å². The maximum absolute atomic E-state index is 13.1. The molecule has 0 aliphatic carbocycles. The largest absolute Gasteiger partial charge is 0.492 e. The van der Waals surface area contributed by atoms with Crippen molar-refractivity contribution in [3.63, 3.8) is 0 Å². The number of hydrogen-bond donors (Lipinski definition) is 3. The minimum absolute atomic E-state index is 0.124. The summed E-state index contributed by atoms with van der Waals surface area (Å²) in [5, 5.41) is 5.75. The number of nitrogen functional groups attached to an aromatic ring is 1. The van der Waals surface area contributed by atoms with Gasteiger partial charge in [-0.05, 0) is 56.2 Å². The van der Waals surface area contributed by atoms with Gasteiger partial charge in [0.2, 0.25) is 0 Å². The van der Waals surface area contributed by atoms with E-state index >= 15 is 0 Å². The van der Waals surface area contributed by atoms with Crippen molar-refractivity contribution in [1.29, 1.82) is 0 Å². The van der Waals surface area contributed by atoms with Gasteiger partial charge in [-0.25, -0.2) is 4.79 Å². The maximum Gasteiger partial charge on any atom is 0.341 e. The average Bonchev–Trinajstić information content (AvgIpc) is 3.12.